The highest BCUT2D eigenvalue weighted by atomic mass is 16.2. The standard InChI is InChI=1S/C16H27N3O/c1-13(2)18(4)16(20)12-19(11-5-10-17)15-8-6-14(3)7-9-15/h6-9,13H,5,10-12,17H2,1-4H3. The lowest BCUT2D eigenvalue weighted by Crippen LogP contribution is -2.42. The number of carbonyl (C=O) groups excluding carboxylic acids is 1. The second-order valence-electron chi connectivity index (χ2n) is 5.50. The zero-order valence-corrected chi connectivity index (χ0v) is 13.1. The van der Waals surface area contributed by atoms with Gasteiger partial charge in [0, 0.05) is 25.3 Å². The fourth-order valence-corrected chi connectivity index (χ4v) is 1.90. The minimum atomic E-state index is 0.137. The quantitative estimate of drug-likeness (QED) is 0.829. The molecule has 1 aromatic rings. The van der Waals surface area contributed by atoms with Crippen LogP contribution in [0.2, 0.25) is 0 Å². The van der Waals surface area contributed by atoms with E-state index in [9.17, 15) is 4.79 Å². The maximum atomic E-state index is 12.3. The van der Waals surface area contributed by atoms with E-state index in [1.54, 1.807) is 4.90 Å². The SMILES string of the molecule is Cc1ccc(N(CCCN)CC(=O)N(C)C(C)C)cc1. The Labute approximate surface area is 122 Å². The number of hydrogen-bond acceptors (Lipinski definition) is 3. The van der Waals surface area contributed by atoms with Gasteiger partial charge in [-0.05, 0) is 45.9 Å². The van der Waals surface area contributed by atoms with Gasteiger partial charge in [0.05, 0.1) is 6.54 Å². The summed E-state index contributed by atoms with van der Waals surface area (Å²) in [5, 5.41) is 0. The first kappa shape index (κ1) is 16.5. The number of nitrogens with zero attached hydrogens (tertiary/aromatic N) is 2. The van der Waals surface area contributed by atoms with Crippen LogP contribution in [0.4, 0.5) is 5.69 Å². The third kappa shape index (κ3) is 4.85. The molecule has 0 aliphatic carbocycles. The minimum Gasteiger partial charge on any atom is -0.362 e. The predicted octanol–water partition coefficient (Wildman–Crippen LogP) is 2.02. The summed E-state index contributed by atoms with van der Waals surface area (Å²) < 4.78 is 0. The molecule has 0 bridgehead atoms. The fourth-order valence-electron chi connectivity index (χ4n) is 1.90. The van der Waals surface area contributed by atoms with Crippen molar-refractivity contribution in [3.05, 3.63) is 29.8 Å². The number of aryl methyl sites for hydroxylation is 1. The molecule has 0 saturated heterocycles. The van der Waals surface area contributed by atoms with Crippen LogP contribution in [0.5, 0.6) is 0 Å². The van der Waals surface area contributed by atoms with Crippen molar-refractivity contribution < 1.29 is 4.79 Å². The molecule has 0 aromatic heterocycles. The van der Waals surface area contributed by atoms with Gasteiger partial charge in [0.25, 0.3) is 0 Å². The van der Waals surface area contributed by atoms with Gasteiger partial charge in [0.1, 0.15) is 0 Å². The third-order valence-electron chi connectivity index (χ3n) is 3.53. The van der Waals surface area contributed by atoms with Crippen LogP contribution in [0.1, 0.15) is 25.8 Å². The Bertz CT molecular complexity index is 414. The first-order valence-corrected chi connectivity index (χ1v) is 7.23. The van der Waals surface area contributed by atoms with E-state index in [4.69, 9.17) is 5.73 Å². The fraction of sp³-hybridized carbons (Fsp3) is 0.562. The average Bonchev–Trinajstić information content (AvgIpc) is 2.43. The van der Waals surface area contributed by atoms with Gasteiger partial charge in [-0.2, -0.15) is 0 Å². The molecule has 0 unspecified atom stereocenters. The lowest BCUT2D eigenvalue weighted by molar-refractivity contribution is -0.129. The van der Waals surface area contributed by atoms with E-state index in [0.717, 1.165) is 18.7 Å². The summed E-state index contributed by atoms with van der Waals surface area (Å²) in [6, 6.07) is 8.49. The van der Waals surface area contributed by atoms with Crippen LogP contribution in [0, 0.1) is 6.92 Å². The highest BCUT2D eigenvalue weighted by Gasteiger charge is 2.16. The van der Waals surface area contributed by atoms with E-state index in [0.29, 0.717) is 13.1 Å². The van der Waals surface area contributed by atoms with Crippen LogP contribution in [0.3, 0.4) is 0 Å². The van der Waals surface area contributed by atoms with Gasteiger partial charge in [-0.1, -0.05) is 17.7 Å². The Hall–Kier alpha value is -1.55. The second kappa shape index (κ2) is 7.90. The van der Waals surface area contributed by atoms with Crippen molar-refractivity contribution in [3.8, 4) is 0 Å². The normalized spacial score (nSPS) is 10.7. The van der Waals surface area contributed by atoms with Gasteiger partial charge in [0.2, 0.25) is 5.91 Å². The van der Waals surface area contributed by atoms with Crippen molar-refractivity contribution >= 4 is 11.6 Å². The highest BCUT2D eigenvalue weighted by Crippen LogP contribution is 2.15. The maximum Gasteiger partial charge on any atom is 0.242 e. The Kier molecular flexibility index (Phi) is 6.52. The monoisotopic (exact) mass is 277 g/mol. The zero-order valence-electron chi connectivity index (χ0n) is 13.1. The van der Waals surface area contributed by atoms with Crippen LogP contribution in [0.25, 0.3) is 0 Å². The summed E-state index contributed by atoms with van der Waals surface area (Å²) in [5.74, 6) is 0.137. The van der Waals surface area contributed by atoms with E-state index in [-0.39, 0.29) is 11.9 Å². The van der Waals surface area contributed by atoms with Crippen LogP contribution in [0.15, 0.2) is 24.3 Å². The molecule has 4 nitrogen and oxygen atoms in total. The number of anilines is 1. The van der Waals surface area contributed by atoms with E-state index in [2.05, 4.69) is 36.1 Å². The molecule has 0 fully saturated rings. The molecule has 0 radical (unpaired) electrons. The van der Waals surface area contributed by atoms with Crippen LogP contribution < -0.4 is 10.6 Å². The molecule has 0 heterocycles. The van der Waals surface area contributed by atoms with Gasteiger partial charge in [-0.15, -0.1) is 0 Å². The molecule has 1 rings (SSSR count). The molecule has 112 valence electrons. The van der Waals surface area contributed by atoms with Crippen molar-refractivity contribution in [3.63, 3.8) is 0 Å². The number of benzene rings is 1. The molecular formula is C16H27N3O. The molecule has 0 spiro atoms. The van der Waals surface area contributed by atoms with Crippen molar-refractivity contribution in [1.29, 1.82) is 0 Å². The summed E-state index contributed by atoms with van der Waals surface area (Å²) in [4.78, 5) is 16.1. The first-order valence-electron chi connectivity index (χ1n) is 7.23. The lowest BCUT2D eigenvalue weighted by atomic mass is 10.2. The minimum absolute atomic E-state index is 0.137. The van der Waals surface area contributed by atoms with Crippen LogP contribution in [-0.2, 0) is 4.79 Å². The maximum absolute atomic E-state index is 12.3. The van der Waals surface area contributed by atoms with Gasteiger partial charge in [-0.25, -0.2) is 0 Å². The second-order valence-corrected chi connectivity index (χ2v) is 5.50. The van der Waals surface area contributed by atoms with Crippen molar-refractivity contribution in [2.75, 3.05) is 31.6 Å². The number of hydrogen-bond donors (Lipinski definition) is 1. The van der Waals surface area contributed by atoms with Crippen molar-refractivity contribution in [2.45, 2.75) is 33.2 Å². The molecule has 20 heavy (non-hydrogen) atoms. The summed E-state index contributed by atoms with van der Waals surface area (Å²) in [6.45, 7) is 7.94. The van der Waals surface area contributed by atoms with E-state index < -0.39 is 0 Å². The topological polar surface area (TPSA) is 49.6 Å². The number of rotatable bonds is 7. The molecule has 0 saturated carbocycles. The van der Waals surface area contributed by atoms with Crippen molar-refractivity contribution in [2.24, 2.45) is 5.73 Å². The van der Waals surface area contributed by atoms with E-state index in [1.165, 1.54) is 5.56 Å². The van der Waals surface area contributed by atoms with Gasteiger partial charge >= 0.3 is 0 Å². The van der Waals surface area contributed by atoms with Crippen LogP contribution >= 0.6 is 0 Å². The van der Waals surface area contributed by atoms with Gasteiger partial charge in [0.15, 0.2) is 0 Å². The Morgan fingerprint density at radius 1 is 1.25 bits per heavy atom. The van der Waals surface area contributed by atoms with Gasteiger partial charge in [-0.3, -0.25) is 4.79 Å². The van der Waals surface area contributed by atoms with E-state index in [1.807, 2.05) is 20.9 Å². The smallest absolute Gasteiger partial charge is 0.242 e. The molecule has 0 aliphatic heterocycles. The largest absolute Gasteiger partial charge is 0.362 e. The summed E-state index contributed by atoms with van der Waals surface area (Å²) in [5.41, 5.74) is 7.89. The lowest BCUT2D eigenvalue weighted by Gasteiger charge is -2.28. The number of amides is 1. The molecule has 1 aromatic carbocycles. The summed E-state index contributed by atoms with van der Waals surface area (Å²) in [6.07, 6.45) is 0.881. The predicted molar refractivity (Wildman–Crippen MR) is 85.0 cm³/mol. The van der Waals surface area contributed by atoms with E-state index >= 15 is 0 Å². The zero-order chi connectivity index (χ0) is 15.1. The molecule has 1 amide bonds. The Balaban J connectivity index is 2.79. The molecule has 0 aliphatic rings. The highest BCUT2D eigenvalue weighted by molar-refractivity contribution is 5.81. The average molecular weight is 277 g/mol. The number of carbonyl (C=O) groups is 1. The first-order chi connectivity index (χ1) is 9.45. The number of nitrogens with two attached hydrogens (primary N) is 1. The summed E-state index contributed by atoms with van der Waals surface area (Å²) in [7, 11) is 1.85. The number of likely N-dealkylation sites (N-methyl/N-ethyl adjacent to an activating group) is 1. The Morgan fingerprint density at radius 3 is 2.35 bits per heavy atom. The molecule has 0 atom stereocenters. The van der Waals surface area contributed by atoms with Crippen molar-refractivity contribution in [1.82, 2.24) is 4.90 Å². The van der Waals surface area contributed by atoms with Gasteiger partial charge < -0.3 is 15.5 Å². The molecule has 4 heteroatoms. The van der Waals surface area contributed by atoms with Crippen LogP contribution in [-0.4, -0.2) is 43.5 Å². The summed E-state index contributed by atoms with van der Waals surface area (Å²) >= 11 is 0. The third-order valence-corrected chi connectivity index (χ3v) is 3.53. The molecular weight excluding hydrogens is 250 g/mol. The molecule has 2 N–H and O–H groups in total. The Morgan fingerprint density at radius 2 is 1.85 bits per heavy atom.